The van der Waals surface area contributed by atoms with E-state index in [1.54, 1.807) is 5.38 Å². The van der Waals surface area contributed by atoms with Gasteiger partial charge in [0, 0.05) is 12.0 Å². The van der Waals surface area contributed by atoms with Crippen LogP contribution in [0.3, 0.4) is 0 Å². The fourth-order valence-corrected chi connectivity index (χ4v) is 3.72. The predicted octanol–water partition coefficient (Wildman–Crippen LogP) is 2.89. The van der Waals surface area contributed by atoms with E-state index in [9.17, 15) is 4.79 Å². The van der Waals surface area contributed by atoms with Crippen molar-refractivity contribution in [3.63, 3.8) is 0 Å². The summed E-state index contributed by atoms with van der Waals surface area (Å²) in [5, 5.41) is 11.5. The maximum absolute atomic E-state index is 10.9. The van der Waals surface area contributed by atoms with Gasteiger partial charge >= 0.3 is 5.97 Å². The lowest BCUT2D eigenvalue weighted by atomic mass is 9.85. The van der Waals surface area contributed by atoms with E-state index in [1.807, 2.05) is 6.92 Å². The molecule has 3 N–H and O–H groups in total. The van der Waals surface area contributed by atoms with E-state index in [1.165, 1.54) is 30.6 Å². The van der Waals surface area contributed by atoms with Crippen molar-refractivity contribution in [2.75, 3.05) is 6.61 Å². The second-order valence-corrected chi connectivity index (χ2v) is 6.09. The Hall–Kier alpha value is -0.980. The van der Waals surface area contributed by atoms with Gasteiger partial charge in [0.05, 0.1) is 5.69 Å². The quantitative estimate of drug-likeness (QED) is 0.843. The summed E-state index contributed by atoms with van der Waals surface area (Å²) in [7, 11) is 0. The molecule has 2 unspecified atom stereocenters. The molecule has 1 fully saturated rings. The number of carboxylic acid groups (broad SMARTS) is 1. The maximum atomic E-state index is 10.9. The smallest absolute Gasteiger partial charge is 0.326 e. The van der Waals surface area contributed by atoms with Crippen LogP contribution >= 0.6 is 11.3 Å². The van der Waals surface area contributed by atoms with Crippen molar-refractivity contribution in [1.82, 2.24) is 4.98 Å². The van der Waals surface area contributed by atoms with Crippen LogP contribution in [-0.4, -0.2) is 22.7 Å². The number of hydrogen-bond donors (Lipinski definition) is 2. The summed E-state index contributed by atoms with van der Waals surface area (Å²) < 4.78 is 5.88. The molecule has 2 rings (SSSR count). The molecule has 1 aromatic heterocycles. The van der Waals surface area contributed by atoms with Gasteiger partial charge in [0.15, 0.2) is 0 Å². The topological polar surface area (TPSA) is 85.4 Å². The lowest BCUT2D eigenvalue weighted by Crippen LogP contribution is -2.22. The maximum Gasteiger partial charge on any atom is 0.326 e. The minimum absolute atomic E-state index is 0.0138. The first kappa shape index (κ1) is 15.4. The Balaban J connectivity index is 2.14. The summed E-state index contributed by atoms with van der Waals surface area (Å²) in [6, 6.07) is -1.05. The lowest BCUT2D eigenvalue weighted by Gasteiger charge is -2.28. The van der Waals surface area contributed by atoms with Gasteiger partial charge in [-0.05, 0) is 25.7 Å². The Morgan fingerprint density at radius 1 is 1.55 bits per heavy atom. The van der Waals surface area contributed by atoms with Crippen molar-refractivity contribution < 1.29 is 14.6 Å². The zero-order chi connectivity index (χ0) is 14.5. The van der Waals surface area contributed by atoms with Crippen molar-refractivity contribution in [2.24, 2.45) is 11.7 Å². The number of thiazole rings is 1. The molecule has 0 aromatic carbocycles. The highest BCUT2D eigenvalue weighted by atomic mass is 32.1. The van der Waals surface area contributed by atoms with E-state index in [0.29, 0.717) is 18.2 Å². The van der Waals surface area contributed by atoms with Crippen molar-refractivity contribution in [2.45, 2.75) is 51.2 Å². The summed E-state index contributed by atoms with van der Waals surface area (Å²) in [5.74, 6) is -0.559. The largest absolute Gasteiger partial charge is 0.480 e. The van der Waals surface area contributed by atoms with Crippen LogP contribution in [0, 0.1) is 5.92 Å². The van der Waals surface area contributed by atoms with Crippen molar-refractivity contribution in [3.05, 3.63) is 16.1 Å². The fraction of sp³-hybridized carbons (Fsp3) is 0.714. The Morgan fingerprint density at radius 3 is 2.85 bits per heavy atom. The summed E-state index contributed by atoms with van der Waals surface area (Å²) in [5.41, 5.74) is 6.04. The third kappa shape index (κ3) is 3.56. The van der Waals surface area contributed by atoms with E-state index < -0.39 is 12.0 Å². The molecule has 112 valence electrons. The van der Waals surface area contributed by atoms with Gasteiger partial charge < -0.3 is 15.6 Å². The zero-order valence-corrected chi connectivity index (χ0v) is 12.6. The van der Waals surface area contributed by atoms with Gasteiger partial charge in [0.1, 0.15) is 17.2 Å². The zero-order valence-electron chi connectivity index (χ0n) is 11.7. The molecule has 0 aliphatic heterocycles. The van der Waals surface area contributed by atoms with Crippen molar-refractivity contribution >= 4 is 17.3 Å². The number of nitrogens with zero attached hydrogens (tertiary/aromatic N) is 1. The first-order valence-electron chi connectivity index (χ1n) is 7.18. The van der Waals surface area contributed by atoms with E-state index in [2.05, 4.69) is 4.98 Å². The molecular formula is C14H22N2O3S. The molecule has 2 atom stereocenters. The number of carbonyl (C=O) groups is 1. The van der Waals surface area contributed by atoms with E-state index in [0.717, 1.165) is 17.8 Å². The fourth-order valence-electron chi connectivity index (χ4n) is 2.73. The van der Waals surface area contributed by atoms with Gasteiger partial charge in [0.25, 0.3) is 0 Å². The average Bonchev–Trinajstić information content (AvgIpc) is 2.94. The molecule has 0 bridgehead atoms. The number of aromatic nitrogens is 1. The first-order valence-corrected chi connectivity index (χ1v) is 8.06. The van der Waals surface area contributed by atoms with Crippen LogP contribution in [0.5, 0.6) is 0 Å². The van der Waals surface area contributed by atoms with Gasteiger partial charge in [-0.1, -0.05) is 19.3 Å². The molecule has 5 nitrogen and oxygen atoms in total. The molecule has 0 spiro atoms. The molecule has 0 radical (unpaired) electrons. The molecule has 1 aliphatic rings. The van der Waals surface area contributed by atoms with Crippen LogP contribution in [0.25, 0.3) is 0 Å². The monoisotopic (exact) mass is 298 g/mol. The molecule has 1 aromatic rings. The second-order valence-electron chi connectivity index (χ2n) is 5.20. The van der Waals surface area contributed by atoms with Gasteiger partial charge in [-0.2, -0.15) is 0 Å². The standard InChI is InChI=1S/C14H22N2O3S/c1-2-19-12(9-6-4-3-5-7-9)13-16-10(8-20-13)11(15)14(17)18/h8-9,11-12H,2-7,15H2,1H3,(H,17,18). The molecule has 6 heteroatoms. The number of carboxylic acids is 1. The Bertz CT molecular complexity index is 443. The molecule has 1 saturated carbocycles. The van der Waals surface area contributed by atoms with Crippen LogP contribution in [0.4, 0.5) is 0 Å². The third-order valence-electron chi connectivity index (χ3n) is 3.79. The van der Waals surface area contributed by atoms with Crippen LogP contribution in [0.2, 0.25) is 0 Å². The Morgan fingerprint density at radius 2 is 2.25 bits per heavy atom. The van der Waals surface area contributed by atoms with Gasteiger partial charge in [0.2, 0.25) is 0 Å². The highest BCUT2D eigenvalue weighted by Crippen LogP contribution is 2.38. The number of hydrogen-bond acceptors (Lipinski definition) is 5. The SMILES string of the molecule is CCOC(c1nc(C(N)C(=O)O)cs1)C1CCCCC1. The average molecular weight is 298 g/mol. The molecule has 1 heterocycles. The minimum atomic E-state index is -1.05. The molecule has 1 aliphatic carbocycles. The Kier molecular flexibility index (Phi) is 5.51. The summed E-state index contributed by atoms with van der Waals surface area (Å²) in [6.45, 7) is 2.62. The van der Waals surface area contributed by atoms with Crippen LogP contribution < -0.4 is 5.73 Å². The van der Waals surface area contributed by atoms with E-state index >= 15 is 0 Å². The van der Waals surface area contributed by atoms with Crippen molar-refractivity contribution in [1.29, 1.82) is 0 Å². The van der Waals surface area contributed by atoms with E-state index in [4.69, 9.17) is 15.6 Å². The van der Waals surface area contributed by atoms with Crippen LogP contribution in [0.1, 0.15) is 61.9 Å². The molecule has 0 saturated heterocycles. The molecule has 20 heavy (non-hydrogen) atoms. The number of aliphatic carboxylic acids is 1. The van der Waals surface area contributed by atoms with Crippen LogP contribution in [-0.2, 0) is 9.53 Å². The number of rotatable bonds is 6. The molecular weight excluding hydrogens is 276 g/mol. The minimum Gasteiger partial charge on any atom is -0.480 e. The van der Waals surface area contributed by atoms with Gasteiger partial charge in [-0.15, -0.1) is 11.3 Å². The van der Waals surface area contributed by atoms with Gasteiger partial charge in [-0.25, -0.2) is 4.98 Å². The highest BCUT2D eigenvalue weighted by molar-refractivity contribution is 7.09. The number of ether oxygens (including phenoxy) is 1. The third-order valence-corrected chi connectivity index (χ3v) is 4.72. The second kappa shape index (κ2) is 7.15. The predicted molar refractivity (Wildman–Crippen MR) is 77.6 cm³/mol. The van der Waals surface area contributed by atoms with Crippen LogP contribution in [0.15, 0.2) is 5.38 Å². The summed E-state index contributed by atoms with van der Waals surface area (Å²) in [4.78, 5) is 15.3. The lowest BCUT2D eigenvalue weighted by molar-refractivity contribution is -0.138. The summed E-state index contributed by atoms with van der Waals surface area (Å²) in [6.07, 6.45) is 6.07. The Labute approximate surface area is 123 Å². The highest BCUT2D eigenvalue weighted by Gasteiger charge is 2.29. The van der Waals surface area contributed by atoms with Crippen molar-refractivity contribution in [3.8, 4) is 0 Å². The normalized spacial score (nSPS) is 19.7. The molecule has 0 amide bonds. The first-order chi connectivity index (χ1) is 9.63. The summed E-state index contributed by atoms with van der Waals surface area (Å²) >= 11 is 1.46. The van der Waals surface area contributed by atoms with E-state index in [-0.39, 0.29) is 6.10 Å². The van der Waals surface area contributed by atoms with Gasteiger partial charge in [-0.3, -0.25) is 4.79 Å². The number of nitrogens with two attached hydrogens (primary N) is 1.